The lowest BCUT2D eigenvalue weighted by molar-refractivity contribution is -0.137. The molecule has 0 aromatic carbocycles. The zero-order valence-corrected chi connectivity index (χ0v) is 8.58. The second-order valence-corrected chi connectivity index (χ2v) is 3.64. The smallest absolute Gasteiger partial charge is 0.309 e. The number of thiazole rings is 1. The summed E-state index contributed by atoms with van der Waals surface area (Å²) in [6.07, 6.45) is -0.106. The van der Waals surface area contributed by atoms with E-state index >= 15 is 0 Å². The quantitative estimate of drug-likeness (QED) is 0.663. The average molecular weight is 230 g/mol. The molecule has 6 nitrogen and oxygen atoms in total. The van der Waals surface area contributed by atoms with Crippen molar-refractivity contribution in [1.82, 2.24) is 4.98 Å². The van der Waals surface area contributed by atoms with Crippen LogP contribution in [0.25, 0.3) is 0 Å². The maximum absolute atomic E-state index is 10.3. The monoisotopic (exact) mass is 230 g/mol. The standard InChI is InChI=1S/C8H10N2O4S/c11-6(12)1-2-9-8-10-5(4-15-8)3-7(13)14/h4H,1-3H2,(H,9,10)(H,11,12)(H,13,14). The Labute approximate surface area is 89.6 Å². The minimum atomic E-state index is -0.933. The molecule has 0 atom stereocenters. The molecule has 0 saturated carbocycles. The summed E-state index contributed by atoms with van der Waals surface area (Å²) in [7, 11) is 0. The first-order chi connectivity index (χ1) is 7.08. The van der Waals surface area contributed by atoms with Crippen molar-refractivity contribution in [3.8, 4) is 0 Å². The molecular formula is C8H10N2O4S. The molecule has 0 aliphatic rings. The van der Waals surface area contributed by atoms with Crippen molar-refractivity contribution in [2.45, 2.75) is 12.8 Å². The summed E-state index contributed by atoms with van der Waals surface area (Å²) < 4.78 is 0. The third kappa shape index (κ3) is 4.41. The molecule has 0 bridgehead atoms. The number of carbonyl (C=O) groups is 2. The van der Waals surface area contributed by atoms with Crippen LogP contribution in [0.2, 0.25) is 0 Å². The van der Waals surface area contributed by atoms with Gasteiger partial charge >= 0.3 is 11.9 Å². The van der Waals surface area contributed by atoms with Gasteiger partial charge in [-0.2, -0.15) is 0 Å². The van der Waals surface area contributed by atoms with Crippen molar-refractivity contribution in [3.63, 3.8) is 0 Å². The minimum Gasteiger partial charge on any atom is -0.481 e. The summed E-state index contributed by atoms with van der Waals surface area (Å²) in [6, 6.07) is 0. The highest BCUT2D eigenvalue weighted by Crippen LogP contribution is 2.15. The normalized spacial score (nSPS) is 9.87. The second-order valence-electron chi connectivity index (χ2n) is 2.79. The fraction of sp³-hybridized carbons (Fsp3) is 0.375. The molecule has 1 heterocycles. The third-order valence-electron chi connectivity index (χ3n) is 1.50. The van der Waals surface area contributed by atoms with Gasteiger partial charge in [0, 0.05) is 11.9 Å². The van der Waals surface area contributed by atoms with E-state index in [2.05, 4.69) is 10.3 Å². The molecule has 15 heavy (non-hydrogen) atoms. The van der Waals surface area contributed by atoms with Crippen molar-refractivity contribution < 1.29 is 19.8 Å². The van der Waals surface area contributed by atoms with Crippen molar-refractivity contribution >= 4 is 28.4 Å². The number of carboxylic acids is 2. The molecule has 0 saturated heterocycles. The van der Waals surface area contributed by atoms with E-state index in [1.807, 2.05) is 0 Å². The number of aromatic nitrogens is 1. The first-order valence-corrected chi connectivity index (χ1v) is 5.08. The summed E-state index contributed by atoms with van der Waals surface area (Å²) in [4.78, 5) is 24.5. The van der Waals surface area contributed by atoms with Crippen molar-refractivity contribution in [2.75, 3.05) is 11.9 Å². The van der Waals surface area contributed by atoms with Gasteiger partial charge in [0.25, 0.3) is 0 Å². The molecule has 1 aromatic rings. The van der Waals surface area contributed by atoms with Gasteiger partial charge in [0.1, 0.15) is 0 Å². The Bertz CT molecular complexity index is 363. The Morgan fingerprint density at radius 3 is 2.73 bits per heavy atom. The molecule has 0 spiro atoms. The Kier molecular flexibility index (Phi) is 4.04. The maximum Gasteiger partial charge on any atom is 0.309 e. The van der Waals surface area contributed by atoms with E-state index in [0.717, 1.165) is 0 Å². The first-order valence-electron chi connectivity index (χ1n) is 4.20. The predicted molar refractivity (Wildman–Crippen MR) is 54.2 cm³/mol. The summed E-state index contributed by atoms with van der Waals surface area (Å²) in [5.74, 6) is -1.82. The molecule has 0 amide bonds. The van der Waals surface area contributed by atoms with Gasteiger partial charge in [-0.05, 0) is 0 Å². The highest BCUT2D eigenvalue weighted by molar-refractivity contribution is 7.13. The van der Waals surface area contributed by atoms with Gasteiger partial charge in [-0.25, -0.2) is 4.98 Å². The van der Waals surface area contributed by atoms with Gasteiger partial charge in [0.05, 0.1) is 18.5 Å². The van der Waals surface area contributed by atoms with E-state index in [1.54, 1.807) is 5.38 Å². The molecule has 0 aliphatic carbocycles. The van der Waals surface area contributed by atoms with E-state index in [4.69, 9.17) is 10.2 Å². The Hall–Kier alpha value is -1.63. The van der Waals surface area contributed by atoms with Crippen LogP contribution < -0.4 is 5.32 Å². The highest BCUT2D eigenvalue weighted by atomic mass is 32.1. The molecule has 1 aromatic heterocycles. The van der Waals surface area contributed by atoms with Gasteiger partial charge in [0.2, 0.25) is 0 Å². The number of nitrogens with one attached hydrogen (secondary N) is 1. The molecule has 1 rings (SSSR count). The highest BCUT2D eigenvalue weighted by Gasteiger charge is 2.05. The molecule has 0 radical (unpaired) electrons. The van der Waals surface area contributed by atoms with E-state index in [-0.39, 0.29) is 19.4 Å². The minimum absolute atomic E-state index is 0.00778. The van der Waals surface area contributed by atoms with Crippen molar-refractivity contribution in [1.29, 1.82) is 0 Å². The van der Waals surface area contributed by atoms with Crippen LogP contribution in [-0.4, -0.2) is 33.7 Å². The van der Waals surface area contributed by atoms with Crippen molar-refractivity contribution in [3.05, 3.63) is 11.1 Å². The zero-order valence-electron chi connectivity index (χ0n) is 7.77. The summed E-state index contributed by atoms with van der Waals surface area (Å²) >= 11 is 1.26. The number of anilines is 1. The van der Waals surface area contributed by atoms with Gasteiger partial charge in [-0.15, -0.1) is 11.3 Å². The average Bonchev–Trinajstić information content (AvgIpc) is 2.50. The van der Waals surface area contributed by atoms with Crippen LogP contribution in [0.3, 0.4) is 0 Å². The van der Waals surface area contributed by atoms with E-state index in [1.165, 1.54) is 11.3 Å². The number of rotatable bonds is 6. The lowest BCUT2D eigenvalue weighted by atomic mass is 10.3. The summed E-state index contributed by atoms with van der Waals surface area (Å²) in [5.41, 5.74) is 0.477. The molecule has 0 unspecified atom stereocenters. The molecule has 3 N–H and O–H groups in total. The van der Waals surface area contributed by atoms with E-state index in [9.17, 15) is 9.59 Å². The SMILES string of the molecule is O=C(O)CCNc1nc(CC(=O)O)cs1. The van der Waals surface area contributed by atoms with E-state index < -0.39 is 11.9 Å². The molecule has 0 aliphatic heterocycles. The fourth-order valence-corrected chi connectivity index (χ4v) is 1.64. The number of carboxylic acid groups (broad SMARTS) is 2. The number of aliphatic carboxylic acids is 2. The van der Waals surface area contributed by atoms with Crippen LogP contribution in [-0.2, 0) is 16.0 Å². The largest absolute Gasteiger partial charge is 0.481 e. The number of hydrogen-bond acceptors (Lipinski definition) is 5. The van der Waals surface area contributed by atoms with Gasteiger partial charge in [0.15, 0.2) is 5.13 Å². The first kappa shape index (κ1) is 11.4. The number of hydrogen-bond donors (Lipinski definition) is 3. The van der Waals surface area contributed by atoms with Crippen LogP contribution in [0.15, 0.2) is 5.38 Å². The van der Waals surface area contributed by atoms with Gasteiger partial charge < -0.3 is 15.5 Å². The lowest BCUT2D eigenvalue weighted by Gasteiger charge is -1.97. The van der Waals surface area contributed by atoms with Crippen LogP contribution in [0.1, 0.15) is 12.1 Å². The third-order valence-corrected chi connectivity index (χ3v) is 2.35. The van der Waals surface area contributed by atoms with E-state index in [0.29, 0.717) is 10.8 Å². The molecule has 0 fully saturated rings. The molecule has 82 valence electrons. The topological polar surface area (TPSA) is 99.5 Å². The zero-order chi connectivity index (χ0) is 11.3. The predicted octanol–water partition coefficient (Wildman–Crippen LogP) is 0.657. The summed E-state index contributed by atoms with van der Waals surface area (Å²) in [5, 5.41) is 21.9. The number of nitrogens with zero attached hydrogens (tertiary/aromatic N) is 1. The van der Waals surface area contributed by atoms with Gasteiger partial charge in [-0.3, -0.25) is 9.59 Å². The Morgan fingerprint density at radius 2 is 2.13 bits per heavy atom. The van der Waals surface area contributed by atoms with Crippen LogP contribution >= 0.6 is 11.3 Å². The molecule has 7 heteroatoms. The Balaban J connectivity index is 2.39. The van der Waals surface area contributed by atoms with Crippen molar-refractivity contribution in [2.24, 2.45) is 0 Å². The fourth-order valence-electron chi connectivity index (χ4n) is 0.901. The second kappa shape index (κ2) is 5.30. The Morgan fingerprint density at radius 1 is 1.40 bits per heavy atom. The van der Waals surface area contributed by atoms with Crippen LogP contribution in [0, 0.1) is 0 Å². The van der Waals surface area contributed by atoms with Crippen LogP contribution in [0.5, 0.6) is 0 Å². The van der Waals surface area contributed by atoms with Gasteiger partial charge in [-0.1, -0.05) is 0 Å². The van der Waals surface area contributed by atoms with Crippen LogP contribution in [0.4, 0.5) is 5.13 Å². The summed E-state index contributed by atoms with van der Waals surface area (Å²) in [6.45, 7) is 0.287. The maximum atomic E-state index is 10.3. The lowest BCUT2D eigenvalue weighted by Crippen LogP contribution is -2.07. The molecular weight excluding hydrogens is 220 g/mol.